The van der Waals surface area contributed by atoms with E-state index in [1.54, 1.807) is 6.07 Å². The Morgan fingerprint density at radius 3 is 2.41 bits per heavy atom. The molecule has 0 spiro atoms. The summed E-state index contributed by atoms with van der Waals surface area (Å²) in [7, 11) is 0. The van der Waals surface area contributed by atoms with Gasteiger partial charge in [-0.15, -0.1) is 0 Å². The maximum atomic E-state index is 12.3. The molecule has 0 N–H and O–H groups in total. The average Bonchev–Trinajstić information content (AvgIpc) is 2.74. The summed E-state index contributed by atoms with van der Waals surface area (Å²) in [6.45, 7) is 0.317. The summed E-state index contributed by atoms with van der Waals surface area (Å²) >= 11 is 0. The van der Waals surface area contributed by atoms with Gasteiger partial charge in [-0.05, 0) is 28.8 Å². The Kier molecular flexibility index (Phi) is 4.93. The van der Waals surface area contributed by atoms with Crippen LogP contribution in [-0.4, -0.2) is 17.6 Å². The van der Waals surface area contributed by atoms with E-state index in [1.165, 1.54) is 0 Å². The number of esters is 1. The molecule has 0 aliphatic rings. The number of fused-ring (bicyclic) bond motifs is 1. The first kappa shape index (κ1) is 17.0. The minimum Gasteiger partial charge on any atom is -0.461 e. The molecule has 3 aromatic carbocycles. The van der Waals surface area contributed by atoms with Gasteiger partial charge in [0.05, 0.1) is 12.1 Å². The van der Waals surface area contributed by atoms with E-state index in [4.69, 9.17) is 4.74 Å². The molecule has 0 radical (unpaired) electrons. The standard InChI is InChI=1S/C24H19NO2/c26-24(23-15-14-20-11-5-7-13-22(20)25-23)27-17-16-19-10-4-6-12-21(19)18-8-2-1-3-9-18/h1-15H,16-17H2. The van der Waals surface area contributed by atoms with Gasteiger partial charge in [-0.2, -0.15) is 0 Å². The summed E-state index contributed by atoms with van der Waals surface area (Å²) in [5, 5.41) is 1.01. The van der Waals surface area contributed by atoms with E-state index in [0.29, 0.717) is 18.7 Å². The number of carbonyl (C=O) groups excluding carboxylic acids is 1. The number of nitrogens with zero attached hydrogens (tertiary/aromatic N) is 1. The number of benzene rings is 3. The van der Waals surface area contributed by atoms with Crippen LogP contribution in [0.25, 0.3) is 22.0 Å². The minimum absolute atomic E-state index is 0.317. The van der Waals surface area contributed by atoms with Crippen molar-refractivity contribution in [1.82, 2.24) is 4.98 Å². The number of para-hydroxylation sites is 1. The molecule has 132 valence electrons. The fourth-order valence-corrected chi connectivity index (χ4v) is 3.14. The molecule has 0 amide bonds. The fraction of sp³-hybridized carbons (Fsp3) is 0.0833. The second-order valence-electron chi connectivity index (χ2n) is 6.30. The van der Waals surface area contributed by atoms with Crippen LogP contribution in [0.15, 0.2) is 91.0 Å². The predicted octanol–water partition coefficient (Wildman–Crippen LogP) is 5.30. The lowest BCUT2D eigenvalue weighted by Gasteiger charge is -2.10. The van der Waals surface area contributed by atoms with Gasteiger partial charge in [0.1, 0.15) is 5.69 Å². The van der Waals surface area contributed by atoms with Crippen molar-refractivity contribution in [3.8, 4) is 11.1 Å². The monoisotopic (exact) mass is 353 g/mol. The molecule has 0 saturated carbocycles. The first-order valence-corrected chi connectivity index (χ1v) is 8.97. The smallest absolute Gasteiger partial charge is 0.356 e. The van der Waals surface area contributed by atoms with Gasteiger partial charge in [0, 0.05) is 11.8 Å². The molecule has 0 saturated heterocycles. The van der Waals surface area contributed by atoms with Crippen molar-refractivity contribution in [2.75, 3.05) is 6.61 Å². The molecule has 3 heteroatoms. The van der Waals surface area contributed by atoms with Crippen LogP contribution in [0.1, 0.15) is 16.1 Å². The molecule has 4 rings (SSSR count). The zero-order chi connectivity index (χ0) is 18.5. The van der Waals surface area contributed by atoms with Crippen LogP contribution in [0.3, 0.4) is 0 Å². The van der Waals surface area contributed by atoms with Gasteiger partial charge < -0.3 is 4.74 Å². The maximum absolute atomic E-state index is 12.3. The van der Waals surface area contributed by atoms with Crippen molar-refractivity contribution in [1.29, 1.82) is 0 Å². The topological polar surface area (TPSA) is 39.2 Å². The predicted molar refractivity (Wildman–Crippen MR) is 108 cm³/mol. The van der Waals surface area contributed by atoms with Crippen LogP contribution < -0.4 is 0 Å². The molecule has 0 aliphatic carbocycles. The average molecular weight is 353 g/mol. The summed E-state index contributed by atoms with van der Waals surface area (Å²) in [6, 6.07) is 29.8. The number of hydrogen-bond acceptors (Lipinski definition) is 3. The quantitative estimate of drug-likeness (QED) is 0.457. The normalized spacial score (nSPS) is 10.7. The number of ether oxygens (including phenoxy) is 1. The van der Waals surface area contributed by atoms with Crippen LogP contribution in [-0.2, 0) is 11.2 Å². The third kappa shape index (κ3) is 3.87. The molecule has 0 aliphatic heterocycles. The van der Waals surface area contributed by atoms with Crippen LogP contribution >= 0.6 is 0 Å². The van der Waals surface area contributed by atoms with Crippen molar-refractivity contribution in [3.05, 3.63) is 102 Å². The van der Waals surface area contributed by atoms with Crippen molar-refractivity contribution in [3.63, 3.8) is 0 Å². The Morgan fingerprint density at radius 2 is 1.52 bits per heavy atom. The van der Waals surface area contributed by atoms with Gasteiger partial charge >= 0.3 is 5.97 Å². The van der Waals surface area contributed by atoms with Crippen molar-refractivity contribution in [2.45, 2.75) is 6.42 Å². The molecular formula is C24H19NO2. The number of pyridine rings is 1. The van der Waals surface area contributed by atoms with E-state index in [9.17, 15) is 4.79 Å². The molecule has 0 fully saturated rings. The molecule has 4 aromatic rings. The first-order valence-electron chi connectivity index (χ1n) is 8.97. The van der Waals surface area contributed by atoms with Gasteiger partial charge in [-0.3, -0.25) is 0 Å². The largest absolute Gasteiger partial charge is 0.461 e. The van der Waals surface area contributed by atoms with Gasteiger partial charge in [0.2, 0.25) is 0 Å². The van der Waals surface area contributed by atoms with Crippen molar-refractivity contribution in [2.24, 2.45) is 0 Å². The Balaban J connectivity index is 1.44. The van der Waals surface area contributed by atoms with E-state index >= 15 is 0 Å². The van der Waals surface area contributed by atoms with Crippen LogP contribution in [0.5, 0.6) is 0 Å². The number of aromatic nitrogens is 1. The highest BCUT2D eigenvalue weighted by Gasteiger charge is 2.11. The summed E-state index contributed by atoms with van der Waals surface area (Å²) in [5.41, 5.74) is 4.61. The lowest BCUT2D eigenvalue weighted by atomic mass is 9.98. The molecule has 1 heterocycles. The van der Waals surface area contributed by atoms with E-state index in [1.807, 2.05) is 60.7 Å². The second kappa shape index (κ2) is 7.83. The van der Waals surface area contributed by atoms with Crippen LogP contribution in [0.4, 0.5) is 0 Å². The second-order valence-corrected chi connectivity index (χ2v) is 6.30. The number of hydrogen-bond donors (Lipinski definition) is 0. The van der Waals surface area contributed by atoms with E-state index in [-0.39, 0.29) is 0 Å². The Morgan fingerprint density at radius 1 is 0.778 bits per heavy atom. The Labute approximate surface area is 158 Å². The van der Waals surface area contributed by atoms with Gasteiger partial charge in [-0.1, -0.05) is 78.9 Å². The third-order valence-corrected chi connectivity index (χ3v) is 4.51. The summed E-state index contributed by atoms with van der Waals surface area (Å²) in [4.78, 5) is 16.7. The molecule has 0 bridgehead atoms. The van der Waals surface area contributed by atoms with E-state index < -0.39 is 5.97 Å². The highest BCUT2D eigenvalue weighted by molar-refractivity contribution is 5.91. The fourth-order valence-electron chi connectivity index (χ4n) is 3.14. The van der Waals surface area contributed by atoms with Crippen molar-refractivity contribution >= 4 is 16.9 Å². The number of carbonyl (C=O) groups is 1. The number of rotatable bonds is 5. The Hall–Kier alpha value is -3.46. The molecular weight excluding hydrogens is 334 g/mol. The third-order valence-electron chi connectivity index (χ3n) is 4.51. The minimum atomic E-state index is -0.391. The van der Waals surface area contributed by atoms with Crippen molar-refractivity contribution < 1.29 is 9.53 Å². The molecule has 27 heavy (non-hydrogen) atoms. The van der Waals surface area contributed by atoms with Crippen LogP contribution in [0.2, 0.25) is 0 Å². The zero-order valence-electron chi connectivity index (χ0n) is 14.8. The Bertz CT molecular complexity index is 1070. The van der Waals surface area contributed by atoms with Gasteiger partial charge in [0.15, 0.2) is 0 Å². The lowest BCUT2D eigenvalue weighted by molar-refractivity contribution is 0.0503. The highest BCUT2D eigenvalue weighted by atomic mass is 16.5. The molecule has 1 aromatic heterocycles. The molecule has 0 atom stereocenters. The van der Waals surface area contributed by atoms with E-state index in [2.05, 4.69) is 29.2 Å². The van der Waals surface area contributed by atoms with Gasteiger partial charge in [-0.25, -0.2) is 9.78 Å². The van der Waals surface area contributed by atoms with E-state index in [0.717, 1.165) is 27.6 Å². The molecule has 0 unspecified atom stereocenters. The van der Waals surface area contributed by atoms with Crippen LogP contribution in [0, 0.1) is 0 Å². The summed E-state index contributed by atoms with van der Waals surface area (Å²) < 4.78 is 5.47. The summed E-state index contributed by atoms with van der Waals surface area (Å²) in [6.07, 6.45) is 0.657. The lowest BCUT2D eigenvalue weighted by Crippen LogP contribution is -2.10. The molecule has 3 nitrogen and oxygen atoms in total. The maximum Gasteiger partial charge on any atom is 0.356 e. The highest BCUT2D eigenvalue weighted by Crippen LogP contribution is 2.23. The first-order chi connectivity index (χ1) is 13.3. The van der Waals surface area contributed by atoms with Gasteiger partial charge in [0.25, 0.3) is 0 Å². The zero-order valence-corrected chi connectivity index (χ0v) is 14.8. The summed E-state index contributed by atoms with van der Waals surface area (Å²) in [5.74, 6) is -0.391. The SMILES string of the molecule is O=C(OCCc1ccccc1-c1ccccc1)c1ccc2ccccc2n1.